The summed E-state index contributed by atoms with van der Waals surface area (Å²) in [5.74, 6) is 1.53. The summed E-state index contributed by atoms with van der Waals surface area (Å²) in [4.78, 5) is 15.9. The quantitative estimate of drug-likeness (QED) is 0.392. The second kappa shape index (κ2) is 8.66. The number of aromatic nitrogens is 5. The van der Waals surface area contributed by atoms with Crippen molar-refractivity contribution in [3.8, 4) is 16.9 Å². The third-order valence-electron chi connectivity index (χ3n) is 6.29. The minimum Gasteiger partial charge on any atom is -0.489 e. The predicted molar refractivity (Wildman–Crippen MR) is 136 cm³/mol. The van der Waals surface area contributed by atoms with Crippen molar-refractivity contribution in [3.05, 3.63) is 54.6 Å². The van der Waals surface area contributed by atoms with E-state index in [1.807, 2.05) is 37.1 Å². The summed E-state index contributed by atoms with van der Waals surface area (Å²) < 4.78 is 9.58. The van der Waals surface area contributed by atoms with Crippen molar-refractivity contribution in [2.45, 2.75) is 18.9 Å². The number of benzene rings is 2. The molecule has 6 rings (SSSR count). The molecule has 34 heavy (non-hydrogen) atoms. The number of aryl methyl sites for hydroxylation is 1. The summed E-state index contributed by atoms with van der Waals surface area (Å²) in [6.45, 7) is 2.06. The van der Waals surface area contributed by atoms with Crippen molar-refractivity contribution in [2.24, 2.45) is 7.05 Å². The molecule has 4 heterocycles. The first-order chi connectivity index (χ1) is 16.6. The average Bonchev–Trinajstić information content (AvgIpc) is 3.49. The molecule has 0 saturated carbocycles. The van der Waals surface area contributed by atoms with Gasteiger partial charge in [-0.1, -0.05) is 0 Å². The van der Waals surface area contributed by atoms with E-state index in [2.05, 4.69) is 55.5 Å². The Kier molecular flexibility index (Phi) is 5.35. The van der Waals surface area contributed by atoms with Crippen LogP contribution in [-0.2, 0) is 7.05 Å². The van der Waals surface area contributed by atoms with Gasteiger partial charge in [0.1, 0.15) is 24.0 Å². The van der Waals surface area contributed by atoms with Crippen LogP contribution in [0.25, 0.3) is 32.2 Å². The Morgan fingerprint density at radius 3 is 2.71 bits per heavy atom. The number of nitrogens with one attached hydrogen (secondary N) is 1. The van der Waals surface area contributed by atoms with Gasteiger partial charge in [-0.3, -0.25) is 4.68 Å². The van der Waals surface area contributed by atoms with E-state index >= 15 is 0 Å². The Bertz CT molecular complexity index is 1470. The summed E-state index contributed by atoms with van der Waals surface area (Å²) in [5.41, 5.74) is 6.71. The number of rotatable bonds is 5. The van der Waals surface area contributed by atoms with Crippen LogP contribution in [0.3, 0.4) is 0 Å². The van der Waals surface area contributed by atoms with Gasteiger partial charge in [0.25, 0.3) is 0 Å². The second-order valence-corrected chi connectivity index (χ2v) is 9.66. The first-order valence-corrected chi connectivity index (χ1v) is 12.2. The summed E-state index contributed by atoms with van der Waals surface area (Å²) in [5, 5.41) is 8.73. The fourth-order valence-electron chi connectivity index (χ4n) is 4.43. The molecule has 0 radical (unpaired) electrons. The summed E-state index contributed by atoms with van der Waals surface area (Å²) in [6.07, 6.45) is 7.62. The second-order valence-electron chi connectivity index (χ2n) is 8.77. The van der Waals surface area contributed by atoms with Crippen molar-refractivity contribution < 1.29 is 4.74 Å². The monoisotopic (exact) mass is 471 g/mol. The Hall–Kier alpha value is -3.56. The van der Waals surface area contributed by atoms with Crippen LogP contribution in [0.1, 0.15) is 12.8 Å². The number of piperidine rings is 1. The Balaban J connectivity index is 1.44. The van der Waals surface area contributed by atoms with Crippen LogP contribution in [0.2, 0.25) is 0 Å². The molecule has 2 aromatic carbocycles. The number of likely N-dealkylation sites (tertiary alicyclic amines) is 1. The van der Waals surface area contributed by atoms with E-state index in [0.29, 0.717) is 0 Å². The highest BCUT2D eigenvalue weighted by molar-refractivity contribution is 7.16. The van der Waals surface area contributed by atoms with Crippen LogP contribution in [0.5, 0.6) is 5.75 Å². The number of hydrogen-bond acceptors (Lipinski definition) is 8. The molecular weight excluding hydrogens is 446 g/mol. The Morgan fingerprint density at radius 2 is 1.88 bits per heavy atom. The van der Waals surface area contributed by atoms with Crippen LogP contribution >= 0.6 is 11.3 Å². The maximum Gasteiger partial charge on any atom is 0.145 e. The third kappa shape index (κ3) is 4.08. The fourth-order valence-corrected chi connectivity index (χ4v) is 5.15. The van der Waals surface area contributed by atoms with Gasteiger partial charge in [-0.15, -0.1) is 11.3 Å². The number of fused-ring (bicyclic) bond motifs is 2. The lowest BCUT2D eigenvalue weighted by Gasteiger charge is -2.30. The lowest BCUT2D eigenvalue weighted by molar-refractivity contribution is 0.116. The predicted octanol–water partition coefficient (Wildman–Crippen LogP) is 4.86. The van der Waals surface area contributed by atoms with Gasteiger partial charge in [-0.25, -0.2) is 15.0 Å². The molecule has 0 amide bonds. The normalized spacial score (nSPS) is 15.2. The standard InChI is InChI=1S/C25H25N7OS/c1-31-7-5-19(6-8-31)33-22-10-16(17-12-29-32(2)13-17)9-21-24(22)25(27-14-26-21)30-18-3-4-20-23(11-18)34-15-28-20/h3-4,9-15,19H,5-8H2,1-2H3,(H,26,27,30). The van der Waals surface area contributed by atoms with Crippen molar-refractivity contribution in [3.63, 3.8) is 0 Å². The zero-order chi connectivity index (χ0) is 23.1. The van der Waals surface area contributed by atoms with E-state index in [0.717, 1.165) is 75.4 Å². The van der Waals surface area contributed by atoms with Crippen LogP contribution in [0.4, 0.5) is 11.5 Å². The van der Waals surface area contributed by atoms with Gasteiger partial charge >= 0.3 is 0 Å². The molecule has 5 aromatic rings. The Labute approximate surface area is 201 Å². The van der Waals surface area contributed by atoms with Gasteiger partial charge < -0.3 is 15.0 Å². The largest absolute Gasteiger partial charge is 0.489 e. The van der Waals surface area contributed by atoms with Crippen LogP contribution in [0, 0.1) is 0 Å². The number of anilines is 2. The zero-order valence-electron chi connectivity index (χ0n) is 19.1. The van der Waals surface area contributed by atoms with E-state index < -0.39 is 0 Å². The molecule has 0 aliphatic carbocycles. The molecule has 0 bridgehead atoms. The average molecular weight is 472 g/mol. The Morgan fingerprint density at radius 1 is 1.00 bits per heavy atom. The van der Waals surface area contributed by atoms with Gasteiger partial charge in [-0.2, -0.15) is 5.10 Å². The van der Waals surface area contributed by atoms with Gasteiger partial charge in [0.05, 0.1) is 32.8 Å². The first kappa shape index (κ1) is 21.0. The maximum absolute atomic E-state index is 6.64. The van der Waals surface area contributed by atoms with E-state index in [1.165, 1.54) is 0 Å². The molecule has 1 fully saturated rings. The van der Waals surface area contributed by atoms with Crippen molar-refractivity contribution in [1.82, 2.24) is 29.6 Å². The lowest BCUT2D eigenvalue weighted by atomic mass is 10.0. The van der Waals surface area contributed by atoms with E-state index in [1.54, 1.807) is 22.3 Å². The van der Waals surface area contributed by atoms with Gasteiger partial charge in [0.15, 0.2) is 0 Å². The SMILES string of the molecule is CN1CCC(Oc2cc(-c3cnn(C)c3)cc3ncnc(Nc4ccc5ncsc5c4)c23)CC1. The molecule has 1 aliphatic heterocycles. The zero-order valence-corrected chi connectivity index (χ0v) is 19.9. The minimum absolute atomic E-state index is 0.158. The van der Waals surface area contributed by atoms with E-state index in [4.69, 9.17) is 4.74 Å². The summed E-state index contributed by atoms with van der Waals surface area (Å²) in [6, 6.07) is 10.3. The summed E-state index contributed by atoms with van der Waals surface area (Å²) >= 11 is 1.62. The van der Waals surface area contributed by atoms with Gasteiger partial charge in [-0.05, 0) is 55.8 Å². The lowest BCUT2D eigenvalue weighted by Crippen LogP contribution is -2.35. The molecule has 8 nitrogen and oxygen atoms in total. The molecule has 0 unspecified atom stereocenters. The van der Waals surface area contributed by atoms with Crippen LogP contribution in [-0.4, -0.2) is 55.9 Å². The maximum atomic E-state index is 6.64. The smallest absolute Gasteiger partial charge is 0.145 e. The molecule has 172 valence electrons. The number of thiazole rings is 1. The molecule has 1 saturated heterocycles. The van der Waals surface area contributed by atoms with Crippen molar-refractivity contribution >= 4 is 44.0 Å². The van der Waals surface area contributed by atoms with E-state index in [9.17, 15) is 0 Å². The third-order valence-corrected chi connectivity index (χ3v) is 7.09. The molecule has 1 N–H and O–H groups in total. The fraction of sp³-hybridized carbons (Fsp3) is 0.280. The summed E-state index contributed by atoms with van der Waals surface area (Å²) in [7, 11) is 4.08. The molecule has 0 spiro atoms. The van der Waals surface area contributed by atoms with Crippen LogP contribution in [0.15, 0.2) is 54.6 Å². The highest BCUT2D eigenvalue weighted by Gasteiger charge is 2.21. The first-order valence-electron chi connectivity index (χ1n) is 11.4. The topological polar surface area (TPSA) is 81.0 Å². The molecule has 0 atom stereocenters. The number of ether oxygens (including phenoxy) is 1. The highest BCUT2D eigenvalue weighted by atomic mass is 32.1. The number of hydrogen-bond donors (Lipinski definition) is 1. The van der Waals surface area contributed by atoms with Crippen molar-refractivity contribution in [1.29, 1.82) is 0 Å². The number of nitrogens with zero attached hydrogens (tertiary/aromatic N) is 6. The molecule has 9 heteroatoms. The van der Waals surface area contributed by atoms with E-state index in [-0.39, 0.29) is 6.10 Å². The van der Waals surface area contributed by atoms with Crippen molar-refractivity contribution in [2.75, 3.05) is 25.5 Å². The van der Waals surface area contributed by atoms with Crippen LogP contribution < -0.4 is 10.1 Å². The molecular formula is C25H25N7OS. The molecule has 1 aliphatic rings. The van der Waals surface area contributed by atoms with Gasteiger partial charge in [0, 0.05) is 37.6 Å². The highest BCUT2D eigenvalue weighted by Crippen LogP contribution is 2.37. The minimum atomic E-state index is 0.158. The van der Waals surface area contributed by atoms with Gasteiger partial charge in [0.2, 0.25) is 0 Å². The molecule has 3 aromatic heterocycles.